The first-order valence-corrected chi connectivity index (χ1v) is 5.35. The number of rotatable bonds is 0. The number of nitrogen functional groups attached to an aromatic ring is 1. The molecule has 1 aromatic heterocycles. The van der Waals surface area contributed by atoms with Crippen molar-refractivity contribution in [3.8, 4) is 0 Å². The van der Waals surface area contributed by atoms with Crippen LogP contribution >= 0.6 is 38.9 Å². The normalized spacial score (nSPS) is 10.8. The van der Waals surface area contributed by atoms with Crippen molar-refractivity contribution in [3.05, 3.63) is 27.0 Å². The van der Waals surface area contributed by atoms with Crippen LogP contribution in [-0.2, 0) is 0 Å². The van der Waals surface area contributed by atoms with Crippen LogP contribution in [-0.4, -0.2) is 0 Å². The molecule has 62 valence electrons. The number of anilines is 1. The fraction of sp³-hybridized carbons (Fsp3) is 0. The van der Waals surface area contributed by atoms with Crippen molar-refractivity contribution in [1.29, 1.82) is 0 Å². The van der Waals surface area contributed by atoms with E-state index >= 15 is 0 Å². The van der Waals surface area contributed by atoms with Gasteiger partial charge in [-0.15, -0.1) is 11.3 Å². The van der Waals surface area contributed by atoms with Gasteiger partial charge in [0.15, 0.2) is 0 Å². The smallest absolute Gasteiger partial charge is 0.0612 e. The van der Waals surface area contributed by atoms with Crippen molar-refractivity contribution >= 4 is 54.6 Å². The third kappa shape index (κ3) is 1.22. The lowest BCUT2D eigenvalue weighted by atomic mass is 10.2. The van der Waals surface area contributed by atoms with Crippen LogP contribution in [0.3, 0.4) is 0 Å². The van der Waals surface area contributed by atoms with Gasteiger partial charge in [0.05, 0.1) is 5.02 Å². The second-order valence-corrected chi connectivity index (χ2v) is 4.69. The van der Waals surface area contributed by atoms with E-state index in [1.807, 2.05) is 17.5 Å². The lowest BCUT2D eigenvalue weighted by molar-refractivity contribution is 1.74. The maximum atomic E-state index is 5.95. The Labute approximate surface area is 87.3 Å². The number of hydrogen-bond acceptors (Lipinski definition) is 2. The van der Waals surface area contributed by atoms with Gasteiger partial charge in [0.1, 0.15) is 0 Å². The fourth-order valence-electron chi connectivity index (χ4n) is 1.12. The molecule has 4 heteroatoms. The number of halogens is 2. The standard InChI is InChI=1S/C8H5BrClNS/c9-4-1-6(11)8-5(10)3-12-7(8)2-4/h1-3H,11H2. The molecule has 0 aliphatic carbocycles. The van der Waals surface area contributed by atoms with Gasteiger partial charge in [0, 0.05) is 25.6 Å². The van der Waals surface area contributed by atoms with E-state index < -0.39 is 0 Å². The first-order valence-electron chi connectivity index (χ1n) is 3.30. The Morgan fingerprint density at radius 3 is 2.92 bits per heavy atom. The highest BCUT2D eigenvalue weighted by atomic mass is 79.9. The molecule has 0 aliphatic rings. The van der Waals surface area contributed by atoms with Crippen molar-refractivity contribution in [2.24, 2.45) is 0 Å². The Morgan fingerprint density at radius 1 is 1.42 bits per heavy atom. The van der Waals surface area contributed by atoms with E-state index in [1.54, 1.807) is 11.3 Å². The third-order valence-electron chi connectivity index (χ3n) is 1.63. The van der Waals surface area contributed by atoms with Crippen LogP contribution < -0.4 is 5.73 Å². The number of nitrogens with two attached hydrogens (primary N) is 1. The largest absolute Gasteiger partial charge is 0.398 e. The molecule has 0 saturated heterocycles. The molecule has 0 bridgehead atoms. The van der Waals surface area contributed by atoms with Crippen LogP contribution in [0.4, 0.5) is 5.69 Å². The van der Waals surface area contributed by atoms with Crippen molar-refractivity contribution in [2.75, 3.05) is 5.73 Å². The molecule has 0 saturated carbocycles. The minimum Gasteiger partial charge on any atom is -0.398 e. The van der Waals surface area contributed by atoms with Crippen LogP contribution in [0.15, 0.2) is 22.0 Å². The molecular weight excluding hydrogens is 258 g/mol. The number of thiophene rings is 1. The predicted molar refractivity (Wildman–Crippen MR) is 58.9 cm³/mol. The summed E-state index contributed by atoms with van der Waals surface area (Å²) in [6, 6.07) is 3.88. The average Bonchev–Trinajstić information content (AvgIpc) is 2.31. The first-order chi connectivity index (χ1) is 5.68. The average molecular weight is 263 g/mol. The molecule has 1 aromatic carbocycles. The minimum absolute atomic E-state index is 0.727. The van der Waals surface area contributed by atoms with E-state index in [4.69, 9.17) is 17.3 Å². The van der Waals surface area contributed by atoms with E-state index in [9.17, 15) is 0 Å². The summed E-state index contributed by atoms with van der Waals surface area (Å²) in [4.78, 5) is 0. The summed E-state index contributed by atoms with van der Waals surface area (Å²) in [6.07, 6.45) is 0. The Kier molecular flexibility index (Phi) is 2.02. The van der Waals surface area contributed by atoms with Gasteiger partial charge in [-0.25, -0.2) is 0 Å². The molecular formula is C8H5BrClNS. The van der Waals surface area contributed by atoms with Crippen LogP contribution in [0, 0.1) is 0 Å². The number of fused-ring (bicyclic) bond motifs is 1. The number of hydrogen-bond donors (Lipinski definition) is 1. The zero-order chi connectivity index (χ0) is 8.72. The molecule has 0 unspecified atom stereocenters. The summed E-state index contributed by atoms with van der Waals surface area (Å²) in [7, 11) is 0. The fourth-order valence-corrected chi connectivity index (χ4v) is 3.04. The molecule has 2 rings (SSSR count). The lowest BCUT2D eigenvalue weighted by Crippen LogP contribution is -1.84. The highest BCUT2D eigenvalue weighted by Gasteiger charge is 2.05. The molecule has 0 spiro atoms. The zero-order valence-corrected chi connectivity index (χ0v) is 9.13. The lowest BCUT2D eigenvalue weighted by Gasteiger charge is -1.97. The Balaban J connectivity index is 2.93. The van der Waals surface area contributed by atoms with E-state index in [0.717, 1.165) is 25.3 Å². The summed E-state index contributed by atoms with van der Waals surface area (Å²) < 4.78 is 2.11. The second kappa shape index (κ2) is 2.91. The summed E-state index contributed by atoms with van der Waals surface area (Å²) in [5, 5.41) is 3.60. The molecule has 1 nitrogen and oxygen atoms in total. The van der Waals surface area contributed by atoms with E-state index in [2.05, 4.69) is 15.9 Å². The molecule has 0 amide bonds. The highest BCUT2D eigenvalue weighted by molar-refractivity contribution is 9.10. The molecule has 0 radical (unpaired) electrons. The maximum absolute atomic E-state index is 5.95. The molecule has 1 heterocycles. The monoisotopic (exact) mass is 261 g/mol. The van der Waals surface area contributed by atoms with Crippen LogP contribution in [0.25, 0.3) is 10.1 Å². The van der Waals surface area contributed by atoms with Gasteiger partial charge in [-0.1, -0.05) is 27.5 Å². The van der Waals surface area contributed by atoms with Gasteiger partial charge in [-0.3, -0.25) is 0 Å². The van der Waals surface area contributed by atoms with Gasteiger partial charge in [0.25, 0.3) is 0 Å². The summed E-state index contributed by atoms with van der Waals surface area (Å²) in [5.74, 6) is 0. The predicted octanol–water partition coefficient (Wildman–Crippen LogP) is 3.90. The SMILES string of the molecule is Nc1cc(Br)cc2scc(Cl)c12. The number of benzene rings is 1. The van der Waals surface area contributed by atoms with Crippen molar-refractivity contribution in [1.82, 2.24) is 0 Å². The first kappa shape index (κ1) is 8.35. The molecule has 0 atom stereocenters. The van der Waals surface area contributed by atoms with E-state index in [1.165, 1.54) is 0 Å². The van der Waals surface area contributed by atoms with Gasteiger partial charge in [-0.2, -0.15) is 0 Å². The molecule has 12 heavy (non-hydrogen) atoms. The van der Waals surface area contributed by atoms with Crippen molar-refractivity contribution in [2.45, 2.75) is 0 Å². The van der Waals surface area contributed by atoms with E-state index in [0.29, 0.717) is 0 Å². The van der Waals surface area contributed by atoms with Crippen molar-refractivity contribution < 1.29 is 0 Å². The molecule has 2 N–H and O–H groups in total. The quantitative estimate of drug-likeness (QED) is 0.716. The van der Waals surface area contributed by atoms with Crippen LogP contribution in [0.5, 0.6) is 0 Å². The van der Waals surface area contributed by atoms with Crippen LogP contribution in [0.2, 0.25) is 5.02 Å². The van der Waals surface area contributed by atoms with E-state index in [-0.39, 0.29) is 0 Å². The highest BCUT2D eigenvalue weighted by Crippen LogP contribution is 2.36. The van der Waals surface area contributed by atoms with Crippen molar-refractivity contribution in [3.63, 3.8) is 0 Å². The molecule has 2 aromatic rings. The Bertz CT molecular complexity index is 438. The maximum Gasteiger partial charge on any atom is 0.0612 e. The Hall–Kier alpha value is -0.250. The Morgan fingerprint density at radius 2 is 2.17 bits per heavy atom. The van der Waals surface area contributed by atoms with Gasteiger partial charge >= 0.3 is 0 Å². The molecule has 0 fully saturated rings. The summed E-state index contributed by atoms with van der Waals surface area (Å²) >= 11 is 10.9. The second-order valence-electron chi connectivity index (χ2n) is 2.45. The molecule has 0 aliphatic heterocycles. The van der Waals surface area contributed by atoms with Crippen LogP contribution in [0.1, 0.15) is 0 Å². The third-order valence-corrected chi connectivity index (χ3v) is 3.44. The zero-order valence-electron chi connectivity index (χ0n) is 5.97. The van der Waals surface area contributed by atoms with Gasteiger partial charge in [-0.05, 0) is 12.1 Å². The summed E-state index contributed by atoms with van der Waals surface area (Å²) in [5.41, 5.74) is 6.52. The minimum atomic E-state index is 0.727. The summed E-state index contributed by atoms with van der Waals surface area (Å²) in [6.45, 7) is 0. The van der Waals surface area contributed by atoms with Gasteiger partial charge < -0.3 is 5.73 Å². The van der Waals surface area contributed by atoms with Gasteiger partial charge in [0.2, 0.25) is 0 Å². The topological polar surface area (TPSA) is 26.0 Å².